The number of nitrogens with one attached hydrogen (secondary N) is 4. The molecule has 2 aromatic carbocycles. The molecule has 37 heavy (non-hydrogen) atoms. The van der Waals surface area contributed by atoms with Gasteiger partial charge in [0.1, 0.15) is 6.04 Å². The van der Waals surface area contributed by atoms with Crippen molar-refractivity contribution in [3.63, 3.8) is 0 Å². The predicted molar refractivity (Wildman–Crippen MR) is 138 cm³/mol. The number of benzene rings is 2. The highest BCUT2D eigenvalue weighted by Crippen LogP contribution is 2.17. The molecule has 0 radical (unpaired) electrons. The van der Waals surface area contributed by atoms with Crippen LogP contribution in [0.2, 0.25) is 0 Å². The molecule has 1 atom stereocenters. The molecule has 0 spiro atoms. The molecule has 3 rings (SSSR count). The Balaban J connectivity index is 1.59. The zero-order valence-electron chi connectivity index (χ0n) is 20.1. The molecule has 0 fully saturated rings. The highest BCUT2D eigenvalue weighted by atomic mass is 16.5. The number of rotatable bonds is 12. The van der Waals surface area contributed by atoms with Gasteiger partial charge in [0, 0.05) is 24.5 Å². The van der Waals surface area contributed by atoms with Gasteiger partial charge in [-0.1, -0.05) is 43.2 Å². The van der Waals surface area contributed by atoms with Crippen LogP contribution in [0, 0.1) is 0 Å². The van der Waals surface area contributed by atoms with Crippen LogP contribution in [-0.2, 0) is 9.59 Å². The normalized spacial score (nSPS) is 11.2. The standard InChI is InChI=1S/C27H29N5O5/c33-24(29-20-11-3-1-4-12-20)16-6-2-5-15-23(31-25(34)19-10-9-17-28-18-19)27(36)30-22-14-8-7-13-21(22)26(35)32-37/h1,3-4,7-14,17-18,23,37H,2,5-6,15-16H2,(H,29,33)(H,30,36)(H,31,34)(H,32,35). The van der Waals surface area contributed by atoms with Crippen LogP contribution in [0.25, 0.3) is 0 Å². The monoisotopic (exact) mass is 503 g/mol. The molecule has 0 saturated carbocycles. The number of hydrogen-bond donors (Lipinski definition) is 5. The minimum Gasteiger partial charge on any atom is -0.340 e. The molecular formula is C27H29N5O5. The second kappa shape index (κ2) is 14.1. The van der Waals surface area contributed by atoms with Crippen molar-refractivity contribution < 1.29 is 24.4 Å². The van der Waals surface area contributed by atoms with E-state index in [4.69, 9.17) is 5.21 Å². The summed E-state index contributed by atoms with van der Waals surface area (Å²) in [6.45, 7) is 0. The number of nitrogens with zero attached hydrogens (tertiary/aromatic N) is 1. The maximum absolute atomic E-state index is 13.1. The number of anilines is 2. The van der Waals surface area contributed by atoms with Crippen LogP contribution in [0.3, 0.4) is 0 Å². The summed E-state index contributed by atoms with van der Waals surface area (Å²) in [5, 5.41) is 17.2. The lowest BCUT2D eigenvalue weighted by Gasteiger charge is -2.19. The van der Waals surface area contributed by atoms with E-state index in [2.05, 4.69) is 20.9 Å². The zero-order chi connectivity index (χ0) is 26.5. The lowest BCUT2D eigenvalue weighted by atomic mass is 10.0. The molecule has 5 N–H and O–H groups in total. The van der Waals surface area contributed by atoms with Gasteiger partial charge in [-0.3, -0.25) is 29.4 Å². The number of carbonyl (C=O) groups excluding carboxylic acids is 4. The molecule has 4 amide bonds. The summed E-state index contributed by atoms with van der Waals surface area (Å²) >= 11 is 0. The molecule has 0 aliphatic carbocycles. The quantitative estimate of drug-likeness (QED) is 0.145. The third-order valence-corrected chi connectivity index (χ3v) is 5.53. The van der Waals surface area contributed by atoms with Crippen molar-refractivity contribution in [2.75, 3.05) is 10.6 Å². The second-order valence-corrected chi connectivity index (χ2v) is 8.26. The maximum Gasteiger partial charge on any atom is 0.276 e. The SMILES string of the molecule is O=C(CCCCCC(NC(=O)c1cccnc1)C(=O)Nc1ccccc1C(=O)NO)Nc1ccccc1. The number of amides is 4. The Morgan fingerprint density at radius 3 is 2.30 bits per heavy atom. The van der Waals surface area contributed by atoms with Crippen LogP contribution in [-0.4, -0.2) is 39.9 Å². The first-order chi connectivity index (χ1) is 18.0. The van der Waals surface area contributed by atoms with Gasteiger partial charge in [-0.05, 0) is 49.2 Å². The number of para-hydroxylation sites is 2. The molecule has 0 aliphatic rings. The Kier molecular flexibility index (Phi) is 10.3. The third-order valence-electron chi connectivity index (χ3n) is 5.53. The van der Waals surface area contributed by atoms with Crippen molar-refractivity contribution in [1.82, 2.24) is 15.8 Å². The first-order valence-corrected chi connectivity index (χ1v) is 11.9. The van der Waals surface area contributed by atoms with E-state index < -0.39 is 23.8 Å². The van der Waals surface area contributed by atoms with Crippen LogP contribution >= 0.6 is 0 Å². The van der Waals surface area contributed by atoms with Gasteiger partial charge in [0.25, 0.3) is 11.8 Å². The van der Waals surface area contributed by atoms with E-state index in [1.165, 1.54) is 24.5 Å². The van der Waals surface area contributed by atoms with Gasteiger partial charge < -0.3 is 16.0 Å². The number of hydroxylamine groups is 1. The number of pyridine rings is 1. The van der Waals surface area contributed by atoms with E-state index >= 15 is 0 Å². The summed E-state index contributed by atoms with van der Waals surface area (Å²) in [5.41, 5.74) is 2.85. The minimum atomic E-state index is -0.906. The Labute approximate surface area is 214 Å². The molecule has 3 aromatic rings. The molecule has 1 unspecified atom stereocenters. The summed E-state index contributed by atoms with van der Waals surface area (Å²) in [6, 6.07) is 17.7. The number of carbonyl (C=O) groups is 4. The summed E-state index contributed by atoms with van der Waals surface area (Å²) in [4.78, 5) is 53.8. The fourth-order valence-corrected chi connectivity index (χ4v) is 3.63. The van der Waals surface area contributed by atoms with Gasteiger partial charge in [-0.2, -0.15) is 0 Å². The van der Waals surface area contributed by atoms with Gasteiger partial charge in [-0.25, -0.2) is 5.48 Å². The van der Waals surface area contributed by atoms with Gasteiger partial charge in [0.2, 0.25) is 11.8 Å². The van der Waals surface area contributed by atoms with Crippen LogP contribution in [0.15, 0.2) is 79.1 Å². The molecule has 10 heteroatoms. The highest BCUT2D eigenvalue weighted by molar-refractivity contribution is 6.06. The summed E-state index contributed by atoms with van der Waals surface area (Å²) in [6.07, 6.45) is 5.43. The summed E-state index contributed by atoms with van der Waals surface area (Å²) in [5.74, 6) is -1.85. The Hall–Kier alpha value is -4.57. The fourth-order valence-electron chi connectivity index (χ4n) is 3.63. The zero-order valence-corrected chi connectivity index (χ0v) is 20.1. The Morgan fingerprint density at radius 1 is 0.811 bits per heavy atom. The molecule has 1 heterocycles. The minimum absolute atomic E-state index is 0.0696. The van der Waals surface area contributed by atoms with Gasteiger partial charge in [-0.15, -0.1) is 0 Å². The van der Waals surface area contributed by atoms with E-state index in [0.29, 0.717) is 37.7 Å². The smallest absolute Gasteiger partial charge is 0.276 e. The van der Waals surface area contributed by atoms with E-state index in [0.717, 1.165) is 5.69 Å². The van der Waals surface area contributed by atoms with E-state index in [9.17, 15) is 19.2 Å². The van der Waals surface area contributed by atoms with Crippen LogP contribution in [0.4, 0.5) is 11.4 Å². The van der Waals surface area contributed by atoms with E-state index in [1.807, 2.05) is 30.3 Å². The molecule has 0 saturated heterocycles. The van der Waals surface area contributed by atoms with Crippen molar-refractivity contribution in [3.8, 4) is 0 Å². The van der Waals surface area contributed by atoms with E-state index in [-0.39, 0.29) is 17.2 Å². The van der Waals surface area contributed by atoms with Crippen molar-refractivity contribution >= 4 is 35.0 Å². The highest BCUT2D eigenvalue weighted by Gasteiger charge is 2.23. The van der Waals surface area contributed by atoms with Crippen molar-refractivity contribution in [1.29, 1.82) is 0 Å². The topological polar surface area (TPSA) is 150 Å². The molecule has 10 nitrogen and oxygen atoms in total. The number of hydrogen-bond acceptors (Lipinski definition) is 6. The predicted octanol–water partition coefficient (Wildman–Crippen LogP) is 3.53. The molecule has 1 aromatic heterocycles. The van der Waals surface area contributed by atoms with Crippen molar-refractivity contribution in [2.45, 2.75) is 38.1 Å². The van der Waals surface area contributed by atoms with Gasteiger partial charge >= 0.3 is 0 Å². The van der Waals surface area contributed by atoms with Gasteiger partial charge in [0.15, 0.2) is 0 Å². The first-order valence-electron chi connectivity index (χ1n) is 11.9. The van der Waals surface area contributed by atoms with E-state index in [1.54, 1.807) is 29.7 Å². The number of unbranched alkanes of at least 4 members (excludes halogenated alkanes) is 2. The summed E-state index contributed by atoms with van der Waals surface area (Å²) < 4.78 is 0. The first kappa shape index (κ1) is 27.0. The average Bonchev–Trinajstić information content (AvgIpc) is 2.93. The lowest BCUT2D eigenvalue weighted by Crippen LogP contribution is -2.44. The molecular weight excluding hydrogens is 474 g/mol. The van der Waals surface area contributed by atoms with Crippen molar-refractivity contribution in [3.05, 3.63) is 90.3 Å². The largest absolute Gasteiger partial charge is 0.340 e. The fraction of sp³-hybridized carbons (Fsp3) is 0.222. The van der Waals surface area contributed by atoms with Crippen molar-refractivity contribution in [2.24, 2.45) is 0 Å². The van der Waals surface area contributed by atoms with Crippen LogP contribution in [0.1, 0.15) is 52.8 Å². The molecule has 0 bridgehead atoms. The summed E-state index contributed by atoms with van der Waals surface area (Å²) in [7, 11) is 0. The van der Waals surface area contributed by atoms with Crippen LogP contribution < -0.4 is 21.4 Å². The van der Waals surface area contributed by atoms with Gasteiger partial charge in [0.05, 0.1) is 16.8 Å². The Morgan fingerprint density at radius 2 is 1.57 bits per heavy atom. The lowest BCUT2D eigenvalue weighted by molar-refractivity contribution is -0.118. The number of aromatic nitrogens is 1. The van der Waals surface area contributed by atoms with Crippen LogP contribution in [0.5, 0.6) is 0 Å². The third kappa shape index (κ3) is 8.55. The molecule has 0 aliphatic heterocycles. The second-order valence-electron chi connectivity index (χ2n) is 8.26. The maximum atomic E-state index is 13.1. The Bertz CT molecular complexity index is 1200. The molecule has 192 valence electrons. The average molecular weight is 504 g/mol.